The van der Waals surface area contributed by atoms with E-state index in [2.05, 4.69) is 16.0 Å². The summed E-state index contributed by atoms with van der Waals surface area (Å²) >= 11 is 0. The van der Waals surface area contributed by atoms with Crippen LogP contribution in [0.5, 0.6) is 0 Å². The number of halogens is 1. The van der Waals surface area contributed by atoms with Crippen LogP contribution < -0.4 is 16.0 Å². The van der Waals surface area contributed by atoms with E-state index in [0.717, 1.165) is 49.2 Å². The number of para-hydroxylation sites is 1. The first-order valence-electron chi connectivity index (χ1n) is 8.88. The number of carbonyl (C=O) groups excluding carboxylic acids is 2. The van der Waals surface area contributed by atoms with Crippen LogP contribution >= 0.6 is 12.4 Å². The van der Waals surface area contributed by atoms with Crippen molar-refractivity contribution in [3.05, 3.63) is 29.3 Å². The second-order valence-corrected chi connectivity index (χ2v) is 7.23. The fourth-order valence-corrected chi connectivity index (χ4v) is 4.22. The minimum atomic E-state index is -0.308. The van der Waals surface area contributed by atoms with Gasteiger partial charge in [-0.15, -0.1) is 12.4 Å². The summed E-state index contributed by atoms with van der Waals surface area (Å²) in [5, 5.41) is 9.17. The highest BCUT2D eigenvalue weighted by molar-refractivity contribution is 5.96. The molecule has 0 bridgehead atoms. The maximum Gasteiger partial charge on any atom is 0.243 e. The molecular formula is C19H28ClN3O2. The van der Waals surface area contributed by atoms with Crippen LogP contribution in [0, 0.1) is 25.2 Å². The Morgan fingerprint density at radius 1 is 1.24 bits per heavy atom. The topological polar surface area (TPSA) is 70.2 Å². The summed E-state index contributed by atoms with van der Waals surface area (Å²) in [6.45, 7) is 5.62. The number of carbonyl (C=O) groups is 2. The first-order chi connectivity index (χ1) is 11.5. The predicted octanol–water partition coefficient (Wildman–Crippen LogP) is 2.56. The van der Waals surface area contributed by atoms with Gasteiger partial charge in [-0.1, -0.05) is 31.0 Å². The standard InChI is InChI=1S/C19H27N3O2.ClH/c1-13-6-5-7-14(2)17(13)22-16(23)11-21-18(24)19-9-4-3-8-15(19)10-20-12-19;/h5-7,15,20H,3-4,8-12H2,1-2H3,(H,21,24)(H,22,23);1H/t15-,19+;/m0./s1. The Morgan fingerprint density at radius 3 is 2.68 bits per heavy atom. The molecule has 25 heavy (non-hydrogen) atoms. The smallest absolute Gasteiger partial charge is 0.243 e. The molecule has 2 aliphatic rings. The van der Waals surface area contributed by atoms with Crippen LogP contribution in [0.3, 0.4) is 0 Å². The lowest BCUT2D eigenvalue weighted by atomic mass is 9.67. The van der Waals surface area contributed by atoms with E-state index in [0.29, 0.717) is 5.92 Å². The van der Waals surface area contributed by atoms with Crippen LogP contribution in [-0.2, 0) is 9.59 Å². The van der Waals surface area contributed by atoms with Crippen molar-refractivity contribution in [3.8, 4) is 0 Å². The Labute approximate surface area is 155 Å². The summed E-state index contributed by atoms with van der Waals surface area (Å²) in [6, 6.07) is 5.91. The summed E-state index contributed by atoms with van der Waals surface area (Å²) in [5.74, 6) is 0.275. The Bertz CT molecular complexity index is 629. The van der Waals surface area contributed by atoms with Gasteiger partial charge in [-0.3, -0.25) is 9.59 Å². The Kier molecular flexibility index (Phi) is 6.47. The third-order valence-electron chi connectivity index (χ3n) is 5.65. The molecule has 1 aromatic rings. The van der Waals surface area contributed by atoms with Crippen molar-refractivity contribution < 1.29 is 9.59 Å². The Balaban J connectivity index is 0.00000225. The van der Waals surface area contributed by atoms with Crippen molar-refractivity contribution in [1.82, 2.24) is 10.6 Å². The third kappa shape index (κ3) is 3.98. The van der Waals surface area contributed by atoms with Crippen molar-refractivity contribution in [2.24, 2.45) is 11.3 Å². The summed E-state index contributed by atoms with van der Waals surface area (Å²) < 4.78 is 0. The van der Waals surface area contributed by atoms with Gasteiger partial charge in [0.25, 0.3) is 0 Å². The molecule has 0 spiro atoms. The predicted molar refractivity (Wildman–Crippen MR) is 102 cm³/mol. The van der Waals surface area contributed by atoms with Gasteiger partial charge in [-0.2, -0.15) is 0 Å². The number of anilines is 1. The Morgan fingerprint density at radius 2 is 1.96 bits per heavy atom. The average molecular weight is 366 g/mol. The molecule has 2 amide bonds. The molecule has 1 saturated carbocycles. The molecule has 1 aliphatic heterocycles. The van der Waals surface area contributed by atoms with E-state index in [1.807, 2.05) is 32.0 Å². The molecule has 5 nitrogen and oxygen atoms in total. The number of hydrogen-bond donors (Lipinski definition) is 3. The minimum absolute atomic E-state index is 0. The molecule has 3 N–H and O–H groups in total. The van der Waals surface area contributed by atoms with Gasteiger partial charge in [0.15, 0.2) is 0 Å². The SMILES string of the molecule is Cc1cccc(C)c1NC(=O)CNC(=O)[C@@]12CCCC[C@H]1CNC2.Cl. The molecule has 1 aliphatic carbocycles. The van der Waals surface area contributed by atoms with E-state index in [-0.39, 0.29) is 36.2 Å². The number of aryl methyl sites for hydroxylation is 2. The lowest BCUT2D eigenvalue weighted by Crippen LogP contribution is -2.49. The minimum Gasteiger partial charge on any atom is -0.346 e. The summed E-state index contributed by atoms with van der Waals surface area (Å²) in [4.78, 5) is 25.0. The fourth-order valence-electron chi connectivity index (χ4n) is 4.22. The van der Waals surface area contributed by atoms with Crippen LogP contribution in [0.2, 0.25) is 0 Å². The highest BCUT2D eigenvalue weighted by Gasteiger charge is 2.49. The molecule has 138 valence electrons. The van der Waals surface area contributed by atoms with Crippen LogP contribution in [0.25, 0.3) is 0 Å². The highest BCUT2D eigenvalue weighted by atomic mass is 35.5. The van der Waals surface area contributed by atoms with Crippen LogP contribution in [-0.4, -0.2) is 31.4 Å². The Hall–Kier alpha value is -1.59. The average Bonchev–Trinajstić information content (AvgIpc) is 3.01. The van der Waals surface area contributed by atoms with Crippen molar-refractivity contribution >= 4 is 29.9 Å². The number of amides is 2. The zero-order valence-electron chi connectivity index (χ0n) is 15.0. The lowest BCUT2D eigenvalue weighted by molar-refractivity contribution is -0.135. The number of rotatable bonds is 4. The maximum atomic E-state index is 12.8. The van der Waals surface area contributed by atoms with E-state index < -0.39 is 0 Å². The van der Waals surface area contributed by atoms with E-state index >= 15 is 0 Å². The molecule has 1 saturated heterocycles. The first-order valence-corrected chi connectivity index (χ1v) is 8.88. The second-order valence-electron chi connectivity index (χ2n) is 7.23. The number of hydrogen-bond acceptors (Lipinski definition) is 3. The van der Waals surface area contributed by atoms with Crippen LogP contribution in [0.4, 0.5) is 5.69 Å². The van der Waals surface area contributed by atoms with E-state index in [9.17, 15) is 9.59 Å². The van der Waals surface area contributed by atoms with Crippen molar-refractivity contribution in [2.75, 3.05) is 25.0 Å². The van der Waals surface area contributed by atoms with E-state index in [4.69, 9.17) is 0 Å². The van der Waals surface area contributed by atoms with Gasteiger partial charge >= 0.3 is 0 Å². The largest absolute Gasteiger partial charge is 0.346 e. The van der Waals surface area contributed by atoms with Gasteiger partial charge in [0.1, 0.15) is 0 Å². The fraction of sp³-hybridized carbons (Fsp3) is 0.579. The zero-order valence-corrected chi connectivity index (χ0v) is 15.8. The van der Waals surface area contributed by atoms with Crippen molar-refractivity contribution in [2.45, 2.75) is 39.5 Å². The zero-order chi connectivity index (χ0) is 17.2. The highest BCUT2D eigenvalue weighted by Crippen LogP contribution is 2.43. The number of fused-ring (bicyclic) bond motifs is 1. The van der Waals surface area contributed by atoms with E-state index in [1.54, 1.807) is 0 Å². The van der Waals surface area contributed by atoms with Gasteiger partial charge < -0.3 is 16.0 Å². The number of benzene rings is 1. The quantitative estimate of drug-likeness (QED) is 0.768. The monoisotopic (exact) mass is 365 g/mol. The molecule has 0 radical (unpaired) electrons. The van der Waals surface area contributed by atoms with Gasteiger partial charge in [0.2, 0.25) is 11.8 Å². The summed E-state index contributed by atoms with van der Waals surface area (Å²) in [6.07, 6.45) is 4.33. The van der Waals surface area contributed by atoms with Gasteiger partial charge in [0.05, 0.1) is 12.0 Å². The van der Waals surface area contributed by atoms with Crippen molar-refractivity contribution in [3.63, 3.8) is 0 Å². The summed E-state index contributed by atoms with van der Waals surface area (Å²) in [7, 11) is 0. The van der Waals surface area contributed by atoms with Crippen LogP contribution in [0.15, 0.2) is 18.2 Å². The molecule has 0 unspecified atom stereocenters. The summed E-state index contributed by atoms with van der Waals surface area (Å²) in [5.41, 5.74) is 2.59. The van der Waals surface area contributed by atoms with Crippen LogP contribution in [0.1, 0.15) is 36.8 Å². The number of nitrogens with one attached hydrogen (secondary N) is 3. The molecule has 2 atom stereocenters. The molecular weight excluding hydrogens is 338 g/mol. The molecule has 1 heterocycles. The molecule has 2 fully saturated rings. The molecule has 0 aromatic heterocycles. The van der Waals surface area contributed by atoms with Crippen molar-refractivity contribution in [1.29, 1.82) is 0 Å². The first kappa shape index (κ1) is 19.7. The maximum absolute atomic E-state index is 12.8. The lowest BCUT2D eigenvalue weighted by Gasteiger charge is -2.37. The third-order valence-corrected chi connectivity index (χ3v) is 5.65. The molecule has 1 aromatic carbocycles. The molecule has 6 heteroatoms. The van der Waals surface area contributed by atoms with Gasteiger partial charge in [0, 0.05) is 12.2 Å². The van der Waals surface area contributed by atoms with Gasteiger partial charge in [-0.25, -0.2) is 0 Å². The molecule has 3 rings (SSSR count). The van der Waals surface area contributed by atoms with Gasteiger partial charge in [-0.05, 0) is 50.3 Å². The van der Waals surface area contributed by atoms with E-state index in [1.165, 1.54) is 6.42 Å². The normalized spacial score (nSPS) is 24.8. The second kappa shape index (κ2) is 8.19.